The molecule has 3 rings (SSSR count). The van der Waals surface area contributed by atoms with Gasteiger partial charge in [-0.25, -0.2) is 14.3 Å². The van der Waals surface area contributed by atoms with Crippen LogP contribution < -0.4 is 5.48 Å². The molecule has 1 aliphatic carbocycles. The number of nitrogens with one attached hydrogen (secondary N) is 1. The normalized spacial score (nSPS) is 22.4. The molecular weight excluding hydrogens is 352 g/mol. The second kappa shape index (κ2) is 8.15. The molecule has 2 N–H and O–H groups in total. The van der Waals surface area contributed by atoms with Crippen molar-refractivity contribution in [2.24, 2.45) is 0 Å². The van der Waals surface area contributed by atoms with E-state index in [-0.39, 0.29) is 17.7 Å². The van der Waals surface area contributed by atoms with E-state index in [1.165, 1.54) is 18.2 Å². The highest BCUT2D eigenvalue weighted by Gasteiger charge is 2.44. The van der Waals surface area contributed by atoms with Gasteiger partial charge in [-0.05, 0) is 67.5 Å². The van der Waals surface area contributed by atoms with Gasteiger partial charge in [-0.3, -0.25) is 10.0 Å². The van der Waals surface area contributed by atoms with Gasteiger partial charge < -0.3 is 4.74 Å². The molecule has 4 nitrogen and oxygen atoms in total. The van der Waals surface area contributed by atoms with Crippen LogP contribution in [0.3, 0.4) is 0 Å². The fourth-order valence-electron chi connectivity index (χ4n) is 3.90. The van der Waals surface area contributed by atoms with E-state index in [1.54, 1.807) is 36.7 Å². The third-order valence-electron chi connectivity index (χ3n) is 5.50. The highest BCUT2D eigenvalue weighted by Crippen LogP contribution is 2.42. The Morgan fingerprint density at radius 2 is 1.85 bits per heavy atom. The lowest BCUT2D eigenvalue weighted by Gasteiger charge is -2.39. The van der Waals surface area contributed by atoms with Crippen LogP contribution in [-0.2, 0) is 21.6 Å². The number of amides is 1. The van der Waals surface area contributed by atoms with Crippen LogP contribution >= 0.6 is 0 Å². The predicted octanol–water partition coefficient (Wildman–Crippen LogP) is 4.18. The quantitative estimate of drug-likeness (QED) is 0.609. The first kappa shape index (κ1) is 19.5. The summed E-state index contributed by atoms with van der Waals surface area (Å²) in [6.07, 6.45) is 2.04. The maximum absolute atomic E-state index is 14.0. The Kier molecular flexibility index (Phi) is 5.87. The summed E-state index contributed by atoms with van der Waals surface area (Å²) in [6.45, 7) is 2.01. The maximum Gasteiger partial charge on any atom is 0.253 e. The smallest absolute Gasteiger partial charge is 0.253 e. The number of ether oxygens (including phenoxy) is 1. The molecule has 6 heteroatoms. The molecule has 144 valence electrons. The van der Waals surface area contributed by atoms with Gasteiger partial charge >= 0.3 is 0 Å². The highest BCUT2D eigenvalue weighted by molar-refractivity contribution is 5.88. The zero-order valence-electron chi connectivity index (χ0n) is 15.2. The fourth-order valence-corrected chi connectivity index (χ4v) is 3.90. The SMILES string of the molecule is Cc1c(F)cccc1[C@]1(C(=O)NO)CC[C@H](OCc2ccc(F)cc2)CC1. The Balaban J connectivity index is 1.71. The third-order valence-corrected chi connectivity index (χ3v) is 5.50. The molecule has 0 unspecified atom stereocenters. The van der Waals surface area contributed by atoms with Crippen molar-refractivity contribution in [2.45, 2.75) is 50.7 Å². The molecule has 0 aliphatic heterocycles. The van der Waals surface area contributed by atoms with Gasteiger partial charge in [-0.2, -0.15) is 0 Å². The molecule has 1 aliphatic rings. The van der Waals surface area contributed by atoms with E-state index in [9.17, 15) is 18.8 Å². The Morgan fingerprint density at radius 1 is 1.19 bits per heavy atom. The average Bonchev–Trinajstić information content (AvgIpc) is 2.69. The summed E-state index contributed by atoms with van der Waals surface area (Å²) < 4.78 is 32.9. The highest BCUT2D eigenvalue weighted by atomic mass is 19.1. The Morgan fingerprint density at radius 3 is 2.48 bits per heavy atom. The molecule has 1 amide bonds. The molecule has 0 radical (unpaired) electrons. The van der Waals surface area contributed by atoms with Crippen LogP contribution in [0.4, 0.5) is 8.78 Å². The lowest BCUT2D eigenvalue weighted by atomic mass is 9.67. The third kappa shape index (κ3) is 4.01. The van der Waals surface area contributed by atoms with Crippen molar-refractivity contribution in [1.29, 1.82) is 0 Å². The van der Waals surface area contributed by atoms with Crippen molar-refractivity contribution >= 4 is 5.91 Å². The van der Waals surface area contributed by atoms with E-state index in [4.69, 9.17) is 4.74 Å². The average molecular weight is 375 g/mol. The van der Waals surface area contributed by atoms with Crippen LogP contribution in [0.5, 0.6) is 0 Å². The van der Waals surface area contributed by atoms with Gasteiger partial charge in [-0.1, -0.05) is 24.3 Å². The molecule has 0 heterocycles. The van der Waals surface area contributed by atoms with E-state index in [0.717, 1.165) is 5.56 Å². The second-order valence-corrected chi connectivity index (χ2v) is 7.07. The maximum atomic E-state index is 14.0. The number of benzene rings is 2. The van der Waals surface area contributed by atoms with Gasteiger partial charge in [0.1, 0.15) is 11.6 Å². The first-order valence-corrected chi connectivity index (χ1v) is 9.02. The first-order valence-electron chi connectivity index (χ1n) is 9.02. The van der Waals surface area contributed by atoms with Crippen LogP contribution in [0.15, 0.2) is 42.5 Å². The van der Waals surface area contributed by atoms with Gasteiger partial charge in [0.05, 0.1) is 18.1 Å². The summed E-state index contributed by atoms with van der Waals surface area (Å²) in [5, 5.41) is 9.26. The number of hydrogen-bond donors (Lipinski definition) is 2. The van der Waals surface area contributed by atoms with E-state index in [0.29, 0.717) is 43.4 Å². The van der Waals surface area contributed by atoms with Crippen molar-refractivity contribution in [2.75, 3.05) is 0 Å². The lowest BCUT2D eigenvalue weighted by molar-refractivity contribution is -0.138. The molecule has 0 aromatic heterocycles. The van der Waals surface area contributed by atoms with Crippen LogP contribution in [0.1, 0.15) is 42.4 Å². The van der Waals surface area contributed by atoms with Crippen LogP contribution in [0.25, 0.3) is 0 Å². The number of carbonyl (C=O) groups excluding carboxylic acids is 1. The number of hydrogen-bond acceptors (Lipinski definition) is 3. The van der Waals surface area contributed by atoms with Crippen LogP contribution in [-0.4, -0.2) is 17.2 Å². The van der Waals surface area contributed by atoms with E-state index in [2.05, 4.69) is 0 Å². The molecule has 27 heavy (non-hydrogen) atoms. The Hall–Kier alpha value is -2.31. The van der Waals surface area contributed by atoms with Gasteiger partial charge in [0.25, 0.3) is 5.91 Å². The molecule has 2 aromatic rings. The Bertz CT molecular complexity index is 800. The van der Waals surface area contributed by atoms with Gasteiger partial charge in [0.2, 0.25) is 0 Å². The molecule has 0 atom stereocenters. The summed E-state index contributed by atoms with van der Waals surface area (Å²) in [5.74, 6) is -1.18. The summed E-state index contributed by atoms with van der Waals surface area (Å²) >= 11 is 0. The molecule has 1 saturated carbocycles. The largest absolute Gasteiger partial charge is 0.374 e. The van der Waals surface area contributed by atoms with E-state index < -0.39 is 11.3 Å². The predicted molar refractivity (Wildman–Crippen MR) is 96.2 cm³/mol. The lowest BCUT2D eigenvalue weighted by Crippen LogP contribution is -2.47. The minimum absolute atomic E-state index is 0.0523. The van der Waals surface area contributed by atoms with Gasteiger partial charge in [0.15, 0.2) is 0 Å². The zero-order chi connectivity index (χ0) is 19.4. The standard InChI is InChI=1S/C21H23F2NO3/c1-14-18(3-2-4-19(14)23)21(20(25)24-26)11-9-17(10-12-21)27-13-15-5-7-16(22)8-6-15/h2-8,17,26H,9-13H2,1H3,(H,24,25)/t17-,21-. The monoisotopic (exact) mass is 375 g/mol. The molecular formula is C21H23F2NO3. The van der Waals surface area contributed by atoms with E-state index in [1.807, 2.05) is 0 Å². The number of rotatable bonds is 5. The molecule has 0 spiro atoms. The van der Waals surface area contributed by atoms with Crippen LogP contribution in [0.2, 0.25) is 0 Å². The van der Waals surface area contributed by atoms with Crippen molar-refractivity contribution in [3.63, 3.8) is 0 Å². The molecule has 2 aromatic carbocycles. The topological polar surface area (TPSA) is 58.6 Å². The Labute approximate surface area is 157 Å². The van der Waals surface area contributed by atoms with Crippen molar-refractivity contribution < 1.29 is 23.5 Å². The summed E-state index contributed by atoms with van der Waals surface area (Å²) in [7, 11) is 0. The van der Waals surface area contributed by atoms with Crippen molar-refractivity contribution in [3.8, 4) is 0 Å². The second-order valence-electron chi connectivity index (χ2n) is 7.07. The van der Waals surface area contributed by atoms with E-state index >= 15 is 0 Å². The first-order chi connectivity index (χ1) is 13.0. The zero-order valence-corrected chi connectivity index (χ0v) is 15.2. The number of hydroxylamine groups is 1. The minimum Gasteiger partial charge on any atom is -0.374 e. The molecule has 0 bridgehead atoms. The van der Waals surface area contributed by atoms with Crippen molar-refractivity contribution in [3.05, 3.63) is 70.8 Å². The minimum atomic E-state index is -0.976. The number of carbonyl (C=O) groups is 1. The van der Waals surface area contributed by atoms with Gasteiger partial charge in [0, 0.05) is 0 Å². The summed E-state index contributed by atoms with van der Waals surface area (Å²) in [4.78, 5) is 12.5. The fraction of sp³-hybridized carbons (Fsp3) is 0.381. The summed E-state index contributed by atoms with van der Waals surface area (Å²) in [6, 6.07) is 10.8. The van der Waals surface area contributed by atoms with Gasteiger partial charge in [-0.15, -0.1) is 0 Å². The van der Waals surface area contributed by atoms with Crippen LogP contribution in [0, 0.1) is 18.6 Å². The molecule has 1 fully saturated rings. The summed E-state index contributed by atoms with van der Waals surface area (Å²) in [5.41, 5.74) is 2.69. The molecule has 0 saturated heterocycles. The number of halogens is 2. The van der Waals surface area contributed by atoms with Crippen molar-refractivity contribution in [1.82, 2.24) is 5.48 Å².